The summed E-state index contributed by atoms with van der Waals surface area (Å²) in [6, 6.07) is 10.6. The number of rotatable bonds is 6. The topological polar surface area (TPSA) is 71.8 Å². The molecule has 1 atom stereocenters. The Hall–Kier alpha value is -2.76. The number of hydrogen-bond donors (Lipinski definition) is 1. The Bertz CT molecular complexity index is 694. The minimum atomic E-state index is -0.224. The van der Waals surface area contributed by atoms with Crippen LogP contribution in [-0.4, -0.2) is 25.0 Å². The van der Waals surface area contributed by atoms with Crippen LogP contribution < -0.4 is 15.0 Å². The van der Waals surface area contributed by atoms with E-state index in [2.05, 4.69) is 5.32 Å². The first-order valence-corrected chi connectivity index (χ1v) is 7.99. The van der Waals surface area contributed by atoms with Gasteiger partial charge >= 0.3 is 0 Å². The van der Waals surface area contributed by atoms with E-state index in [4.69, 9.17) is 9.15 Å². The predicted molar refractivity (Wildman–Crippen MR) is 88.8 cm³/mol. The number of carbonyl (C=O) groups excluding carboxylic acids is 2. The summed E-state index contributed by atoms with van der Waals surface area (Å²) in [6.45, 7) is 2.53. The van der Waals surface area contributed by atoms with Gasteiger partial charge in [0.15, 0.2) is 6.61 Å². The van der Waals surface area contributed by atoms with Crippen LogP contribution in [0.1, 0.15) is 31.6 Å². The van der Waals surface area contributed by atoms with Crippen molar-refractivity contribution in [3.05, 3.63) is 48.4 Å². The lowest BCUT2D eigenvalue weighted by atomic mass is 10.2. The molecule has 1 aromatic heterocycles. The lowest BCUT2D eigenvalue weighted by Crippen LogP contribution is -2.31. The van der Waals surface area contributed by atoms with Crippen molar-refractivity contribution in [1.29, 1.82) is 0 Å². The maximum absolute atomic E-state index is 11.9. The molecule has 0 spiro atoms. The first-order chi connectivity index (χ1) is 11.6. The molecule has 2 amide bonds. The summed E-state index contributed by atoms with van der Waals surface area (Å²) in [5.74, 6) is 1.21. The van der Waals surface area contributed by atoms with Gasteiger partial charge in [0, 0.05) is 18.7 Å². The van der Waals surface area contributed by atoms with Gasteiger partial charge in [-0.25, -0.2) is 0 Å². The van der Waals surface area contributed by atoms with Gasteiger partial charge < -0.3 is 19.4 Å². The molecule has 1 aromatic carbocycles. The quantitative estimate of drug-likeness (QED) is 0.885. The predicted octanol–water partition coefficient (Wildman–Crippen LogP) is 2.66. The third-order valence-corrected chi connectivity index (χ3v) is 3.94. The van der Waals surface area contributed by atoms with Crippen LogP contribution in [0.4, 0.5) is 5.69 Å². The number of nitrogens with zero attached hydrogens (tertiary/aromatic N) is 1. The standard InChI is InChI=1S/C18H20N2O4/c1-13(16-4-3-11-23-16)19-17(21)12-24-15-8-6-14(7-9-15)20-10-2-5-18(20)22/h3-4,6-9,11,13H,2,5,10,12H2,1H3,(H,19,21)/t13-/m0/s1. The molecule has 1 N–H and O–H groups in total. The van der Waals surface area contributed by atoms with Gasteiger partial charge in [-0.15, -0.1) is 0 Å². The van der Waals surface area contributed by atoms with E-state index >= 15 is 0 Å². The third kappa shape index (κ3) is 3.76. The second-order valence-electron chi connectivity index (χ2n) is 5.74. The van der Waals surface area contributed by atoms with Crippen molar-refractivity contribution in [3.8, 4) is 5.75 Å². The second-order valence-corrected chi connectivity index (χ2v) is 5.74. The molecule has 0 bridgehead atoms. The molecule has 2 aromatic rings. The first kappa shape index (κ1) is 16.1. The van der Waals surface area contributed by atoms with Gasteiger partial charge in [0.05, 0.1) is 12.3 Å². The molecule has 6 heteroatoms. The minimum Gasteiger partial charge on any atom is -0.484 e. The van der Waals surface area contributed by atoms with Gasteiger partial charge in [-0.3, -0.25) is 9.59 Å². The average molecular weight is 328 g/mol. The molecule has 0 aliphatic carbocycles. The zero-order chi connectivity index (χ0) is 16.9. The zero-order valence-corrected chi connectivity index (χ0v) is 13.5. The Balaban J connectivity index is 1.49. The van der Waals surface area contributed by atoms with Crippen LogP contribution in [-0.2, 0) is 9.59 Å². The van der Waals surface area contributed by atoms with Gasteiger partial charge in [0.1, 0.15) is 11.5 Å². The van der Waals surface area contributed by atoms with Gasteiger partial charge in [-0.2, -0.15) is 0 Å². The Morgan fingerprint density at radius 3 is 2.75 bits per heavy atom. The fourth-order valence-electron chi connectivity index (χ4n) is 2.68. The number of hydrogen-bond acceptors (Lipinski definition) is 4. The molecular weight excluding hydrogens is 308 g/mol. The summed E-state index contributed by atoms with van der Waals surface area (Å²) in [7, 11) is 0. The molecule has 0 saturated carbocycles. The van der Waals surface area contributed by atoms with Gasteiger partial charge in [-0.1, -0.05) is 0 Å². The van der Waals surface area contributed by atoms with Crippen molar-refractivity contribution in [2.75, 3.05) is 18.1 Å². The fraction of sp³-hybridized carbons (Fsp3) is 0.333. The summed E-state index contributed by atoms with van der Waals surface area (Å²) >= 11 is 0. The number of nitrogens with one attached hydrogen (secondary N) is 1. The molecule has 24 heavy (non-hydrogen) atoms. The van der Waals surface area contributed by atoms with E-state index in [0.29, 0.717) is 17.9 Å². The minimum absolute atomic E-state index is 0.0763. The molecule has 0 radical (unpaired) electrons. The highest BCUT2D eigenvalue weighted by Crippen LogP contribution is 2.23. The molecule has 6 nitrogen and oxygen atoms in total. The first-order valence-electron chi connectivity index (χ1n) is 7.99. The summed E-state index contributed by atoms with van der Waals surface area (Å²) in [5, 5.41) is 2.80. The Labute approximate surface area is 140 Å². The third-order valence-electron chi connectivity index (χ3n) is 3.94. The van der Waals surface area contributed by atoms with Crippen LogP contribution in [0.25, 0.3) is 0 Å². The summed E-state index contributed by atoms with van der Waals surface area (Å²) < 4.78 is 10.7. The summed E-state index contributed by atoms with van der Waals surface area (Å²) in [4.78, 5) is 25.4. The summed E-state index contributed by atoms with van der Waals surface area (Å²) in [5.41, 5.74) is 0.862. The largest absolute Gasteiger partial charge is 0.484 e. The Morgan fingerprint density at radius 2 is 2.12 bits per heavy atom. The van der Waals surface area contributed by atoms with E-state index in [0.717, 1.165) is 18.7 Å². The van der Waals surface area contributed by atoms with E-state index < -0.39 is 0 Å². The van der Waals surface area contributed by atoms with Crippen LogP contribution in [0.5, 0.6) is 5.75 Å². The number of ether oxygens (including phenoxy) is 1. The molecule has 3 rings (SSSR count). The molecule has 2 heterocycles. The molecule has 126 valence electrons. The number of benzene rings is 1. The van der Waals surface area contributed by atoms with E-state index in [9.17, 15) is 9.59 Å². The van der Waals surface area contributed by atoms with Crippen molar-refractivity contribution in [2.45, 2.75) is 25.8 Å². The number of carbonyl (C=O) groups is 2. The van der Waals surface area contributed by atoms with Crippen molar-refractivity contribution < 1.29 is 18.7 Å². The smallest absolute Gasteiger partial charge is 0.258 e. The zero-order valence-electron chi connectivity index (χ0n) is 13.5. The molecular formula is C18H20N2O4. The van der Waals surface area contributed by atoms with Crippen molar-refractivity contribution in [3.63, 3.8) is 0 Å². The lowest BCUT2D eigenvalue weighted by Gasteiger charge is -2.16. The fourth-order valence-corrected chi connectivity index (χ4v) is 2.68. The number of amides is 2. The molecule has 1 aliphatic heterocycles. The van der Waals surface area contributed by atoms with Gasteiger partial charge in [0.25, 0.3) is 5.91 Å². The van der Waals surface area contributed by atoms with Crippen molar-refractivity contribution in [1.82, 2.24) is 5.32 Å². The SMILES string of the molecule is C[C@H](NC(=O)COc1ccc(N2CCCC2=O)cc1)c1ccco1. The average Bonchev–Trinajstić information content (AvgIpc) is 3.25. The number of anilines is 1. The maximum Gasteiger partial charge on any atom is 0.258 e. The van der Waals surface area contributed by atoms with Crippen LogP contribution in [0, 0.1) is 0 Å². The maximum atomic E-state index is 11.9. The Kier molecular flexibility index (Phi) is 4.84. The van der Waals surface area contributed by atoms with Gasteiger partial charge in [0.2, 0.25) is 5.91 Å². The second kappa shape index (κ2) is 7.21. The highest BCUT2D eigenvalue weighted by Gasteiger charge is 2.21. The van der Waals surface area contributed by atoms with E-state index in [-0.39, 0.29) is 24.5 Å². The lowest BCUT2D eigenvalue weighted by molar-refractivity contribution is -0.123. The monoisotopic (exact) mass is 328 g/mol. The van der Waals surface area contributed by atoms with E-state index in [1.54, 1.807) is 29.4 Å². The highest BCUT2D eigenvalue weighted by atomic mass is 16.5. The normalized spacial score (nSPS) is 15.4. The van der Waals surface area contributed by atoms with Crippen molar-refractivity contribution in [2.24, 2.45) is 0 Å². The molecule has 1 aliphatic rings. The Morgan fingerprint density at radius 1 is 1.33 bits per heavy atom. The van der Waals surface area contributed by atoms with Crippen LogP contribution >= 0.6 is 0 Å². The van der Waals surface area contributed by atoms with Gasteiger partial charge in [-0.05, 0) is 49.7 Å². The van der Waals surface area contributed by atoms with E-state index in [1.807, 2.05) is 25.1 Å². The molecule has 1 saturated heterocycles. The summed E-state index contributed by atoms with van der Waals surface area (Å²) in [6.07, 6.45) is 3.07. The van der Waals surface area contributed by atoms with Crippen LogP contribution in [0.2, 0.25) is 0 Å². The van der Waals surface area contributed by atoms with E-state index in [1.165, 1.54) is 0 Å². The molecule has 0 unspecified atom stereocenters. The number of furan rings is 1. The van der Waals surface area contributed by atoms with Crippen LogP contribution in [0.15, 0.2) is 47.1 Å². The highest BCUT2D eigenvalue weighted by molar-refractivity contribution is 5.95. The van der Waals surface area contributed by atoms with Crippen molar-refractivity contribution >= 4 is 17.5 Å². The molecule has 1 fully saturated rings. The van der Waals surface area contributed by atoms with Crippen LogP contribution in [0.3, 0.4) is 0 Å².